The van der Waals surface area contributed by atoms with Gasteiger partial charge in [0.15, 0.2) is 0 Å². The molecule has 6 heteroatoms. The van der Waals surface area contributed by atoms with Gasteiger partial charge in [-0.1, -0.05) is 26.0 Å². The summed E-state index contributed by atoms with van der Waals surface area (Å²) in [6.45, 7) is 4.97. The quantitative estimate of drug-likeness (QED) is 0.855. The van der Waals surface area contributed by atoms with Crippen molar-refractivity contribution in [3.05, 3.63) is 53.1 Å². The molecule has 2 N–H and O–H groups in total. The van der Waals surface area contributed by atoms with Gasteiger partial charge in [-0.2, -0.15) is 5.10 Å². The van der Waals surface area contributed by atoms with Gasteiger partial charge in [-0.25, -0.2) is 4.39 Å². The number of aromatic nitrogens is 2. The van der Waals surface area contributed by atoms with Crippen molar-refractivity contribution < 1.29 is 13.9 Å². The summed E-state index contributed by atoms with van der Waals surface area (Å²) in [5.41, 5.74) is 2.52. The van der Waals surface area contributed by atoms with Gasteiger partial charge in [0.2, 0.25) is 5.91 Å². The molecule has 2 unspecified atom stereocenters. The predicted octanol–water partition coefficient (Wildman–Crippen LogP) is 2.75. The van der Waals surface area contributed by atoms with Crippen LogP contribution in [0.1, 0.15) is 36.7 Å². The molecular formula is C18H22FN3O2. The molecule has 1 saturated carbocycles. The van der Waals surface area contributed by atoms with E-state index in [1.54, 1.807) is 19.2 Å². The average molecular weight is 331 g/mol. The molecular weight excluding hydrogens is 309 g/mol. The highest BCUT2D eigenvalue weighted by Gasteiger charge is 2.62. The molecule has 24 heavy (non-hydrogen) atoms. The van der Waals surface area contributed by atoms with Crippen LogP contribution in [0.2, 0.25) is 0 Å². The Morgan fingerprint density at radius 3 is 2.75 bits per heavy atom. The van der Waals surface area contributed by atoms with Gasteiger partial charge in [0.1, 0.15) is 5.82 Å². The van der Waals surface area contributed by atoms with Crippen molar-refractivity contribution in [3.63, 3.8) is 0 Å². The molecule has 0 bridgehead atoms. The van der Waals surface area contributed by atoms with E-state index in [-0.39, 0.29) is 29.0 Å². The van der Waals surface area contributed by atoms with E-state index in [4.69, 9.17) is 4.74 Å². The second-order valence-electron chi connectivity index (χ2n) is 6.86. The summed E-state index contributed by atoms with van der Waals surface area (Å²) in [7, 11) is 1.61. The van der Waals surface area contributed by atoms with E-state index < -0.39 is 0 Å². The molecule has 2 atom stereocenters. The second-order valence-corrected chi connectivity index (χ2v) is 6.86. The number of carbonyl (C=O) groups excluding carboxylic acids is 1. The van der Waals surface area contributed by atoms with E-state index >= 15 is 0 Å². The number of amides is 1. The van der Waals surface area contributed by atoms with Crippen molar-refractivity contribution in [3.8, 4) is 0 Å². The number of hydrogen-bond donors (Lipinski definition) is 2. The molecule has 1 fully saturated rings. The van der Waals surface area contributed by atoms with Gasteiger partial charge in [0.05, 0.1) is 30.5 Å². The third kappa shape index (κ3) is 3.19. The van der Waals surface area contributed by atoms with Crippen LogP contribution in [0.25, 0.3) is 0 Å². The molecule has 1 heterocycles. The van der Waals surface area contributed by atoms with E-state index in [2.05, 4.69) is 29.4 Å². The van der Waals surface area contributed by atoms with Crippen LogP contribution < -0.4 is 5.32 Å². The molecule has 2 aromatic rings. The van der Waals surface area contributed by atoms with Gasteiger partial charge in [0.25, 0.3) is 0 Å². The van der Waals surface area contributed by atoms with E-state index in [1.807, 2.05) is 6.07 Å². The highest BCUT2D eigenvalue weighted by molar-refractivity contribution is 5.84. The lowest BCUT2D eigenvalue weighted by Gasteiger charge is -2.04. The molecule has 1 aromatic carbocycles. The highest BCUT2D eigenvalue weighted by atomic mass is 19.1. The van der Waals surface area contributed by atoms with Crippen molar-refractivity contribution in [2.45, 2.75) is 32.9 Å². The third-order valence-corrected chi connectivity index (χ3v) is 4.77. The van der Waals surface area contributed by atoms with Gasteiger partial charge in [-0.3, -0.25) is 9.89 Å². The summed E-state index contributed by atoms with van der Waals surface area (Å²) in [6, 6.07) is 8.29. The lowest BCUT2D eigenvalue weighted by atomic mass is 10.0. The Morgan fingerprint density at radius 2 is 2.08 bits per heavy atom. The molecule has 0 spiro atoms. The standard InChI is InChI=1S/C18H22FN3O2/c1-18(2)15(11-4-6-12(19)7-5-11)16(18)17(23)20-9-13-8-14(10-24-3)22-21-13/h4-8,15-16H,9-10H2,1-3H3,(H,20,23)(H,21,22). The van der Waals surface area contributed by atoms with Gasteiger partial charge < -0.3 is 10.1 Å². The van der Waals surface area contributed by atoms with Gasteiger partial charge in [-0.15, -0.1) is 0 Å². The summed E-state index contributed by atoms with van der Waals surface area (Å²) in [4.78, 5) is 12.5. The SMILES string of the molecule is COCc1cc(CNC(=O)C2C(c3ccc(F)cc3)C2(C)C)[nH]n1. The number of benzene rings is 1. The molecule has 128 valence electrons. The molecule has 1 aliphatic carbocycles. The van der Waals surface area contributed by atoms with Gasteiger partial charge in [-0.05, 0) is 29.2 Å². The van der Waals surface area contributed by atoms with Gasteiger partial charge >= 0.3 is 0 Å². The maximum Gasteiger partial charge on any atom is 0.224 e. The highest BCUT2D eigenvalue weighted by Crippen LogP contribution is 2.64. The van der Waals surface area contributed by atoms with Crippen molar-refractivity contribution in [1.29, 1.82) is 0 Å². The Morgan fingerprint density at radius 1 is 1.38 bits per heavy atom. The minimum atomic E-state index is -0.260. The Labute approximate surface area is 140 Å². The molecule has 1 amide bonds. The summed E-state index contributed by atoms with van der Waals surface area (Å²) in [5.74, 6) is -0.241. The normalized spacial score (nSPS) is 21.5. The van der Waals surface area contributed by atoms with Crippen molar-refractivity contribution in [2.75, 3.05) is 7.11 Å². The topological polar surface area (TPSA) is 67.0 Å². The minimum absolute atomic E-state index is 0.0113. The summed E-state index contributed by atoms with van der Waals surface area (Å²) >= 11 is 0. The first-order valence-electron chi connectivity index (χ1n) is 7.98. The molecule has 1 aromatic heterocycles. The van der Waals surface area contributed by atoms with Crippen LogP contribution in [0.3, 0.4) is 0 Å². The zero-order valence-electron chi connectivity index (χ0n) is 14.1. The number of hydrogen-bond acceptors (Lipinski definition) is 3. The Bertz CT molecular complexity index is 724. The molecule has 0 saturated heterocycles. The first-order valence-corrected chi connectivity index (χ1v) is 7.98. The number of halogens is 1. The van der Waals surface area contributed by atoms with Crippen LogP contribution in [0, 0.1) is 17.2 Å². The number of aromatic amines is 1. The summed E-state index contributed by atoms with van der Waals surface area (Å²) in [5, 5.41) is 9.95. The van der Waals surface area contributed by atoms with Crippen LogP contribution >= 0.6 is 0 Å². The Balaban J connectivity index is 1.61. The monoisotopic (exact) mass is 331 g/mol. The van der Waals surface area contributed by atoms with Crippen molar-refractivity contribution in [2.24, 2.45) is 11.3 Å². The smallest absolute Gasteiger partial charge is 0.224 e. The van der Waals surface area contributed by atoms with E-state index in [9.17, 15) is 9.18 Å². The number of methoxy groups -OCH3 is 1. The zero-order valence-corrected chi connectivity index (χ0v) is 14.1. The molecule has 0 radical (unpaired) electrons. The first kappa shape index (κ1) is 16.6. The first-order chi connectivity index (χ1) is 11.4. The lowest BCUT2D eigenvalue weighted by molar-refractivity contribution is -0.123. The third-order valence-electron chi connectivity index (χ3n) is 4.77. The Hall–Kier alpha value is -2.21. The predicted molar refractivity (Wildman–Crippen MR) is 87.6 cm³/mol. The lowest BCUT2D eigenvalue weighted by Crippen LogP contribution is -2.26. The fraction of sp³-hybridized carbons (Fsp3) is 0.444. The van der Waals surface area contributed by atoms with Crippen molar-refractivity contribution >= 4 is 5.91 Å². The fourth-order valence-corrected chi connectivity index (χ4v) is 3.43. The van der Waals surface area contributed by atoms with E-state index in [0.717, 1.165) is 17.0 Å². The van der Waals surface area contributed by atoms with Crippen LogP contribution in [0.4, 0.5) is 4.39 Å². The van der Waals surface area contributed by atoms with E-state index in [0.29, 0.717) is 13.2 Å². The maximum atomic E-state index is 13.1. The molecule has 0 aliphatic heterocycles. The average Bonchev–Trinajstić information content (AvgIpc) is 2.90. The maximum absolute atomic E-state index is 13.1. The number of H-pyrrole nitrogens is 1. The van der Waals surface area contributed by atoms with Crippen LogP contribution in [-0.2, 0) is 22.7 Å². The number of nitrogens with one attached hydrogen (secondary N) is 2. The Kier molecular flexibility index (Phi) is 4.41. The molecule has 3 rings (SSSR count). The fourth-order valence-electron chi connectivity index (χ4n) is 3.43. The number of carbonyl (C=O) groups is 1. The van der Waals surface area contributed by atoms with Crippen molar-refractivity contribution in [1.82, 2.24) is 15.5 Å². The van der Waals surface area contributed by atoms with Crippen LogP contribution in [-0.4, -0.2) is 23.2 Å². The zero-order chi connectivity index (χ0) is 17.3. The minimum Gasteiger partial charge on any atom is -0.378 e. The van der Waals surface area contributed by atoms with Crippen LogP contribution in [0.5, 0.6) is 0 Å². The number of ether oxygens (including phenoxy) is 1. The van der Waals surface area contributed by atoms with Gasteiger partial charge in [0, 0.05) is 13.0 Å². The molecule has 5 nitrogen and oxygen atoms in total. The molecule has 1 aliphatic rings. The second kappa shape index (κ2) is 6.36. The number of rotatable bonds is 6. The summed E-state index contributed by atoms with van der Waals surface area (Å²) < 4.78 is 18.1. The van der Waals surface area contributed by atoms with E-state index in [1.165, 1.54) is 12.1 Å². The largest absolute Gasteiger partial charge is 0.378 e. The number of nitrogens with zero attached hydrogens (tertiary/aromatic N) is 1. The van der Waals surface area contributed by atoms with Crippen LogP contribution in [0.15, 0.2) is 30.3 Å². The summed E-state index contributed by atoms with van der Waals surface area (Å²) in [6.07, 6.45) is 0.